The van der Waals surface area contributed by atoms with Crippen molar-refractivity contribution < 1.29 is 0 Å². The third kappa shape index (κ3) is 21.2. The zero-order chi connectivity index (χ0) is 60.4. The van der Waals surface area contributed by atoms with Gasteiger partial charge in [-0.1, -0.05) is 214 Å². The minimum atomic E-state index is 0.0600. The molecule has 0 atom stereocenters. The van der Waals surface area contributed by atoms with Gasteiger partial charge >= 0.3 is 0 Å². The fourth-order valence-corrected chi connectivity index (χ4v) is 8.18. The summed E-state index contributed by atoms with van der Waals surface area (Å²) in [6.45, 7) is 51.5. The summed E-state index contributed by atoms with van der Waals surface area (Å²) in [4.78, 5) is 0. The molecule has 0 bridgehead atoms. The molecule has 79 heavy (non-hydrogen) atoms. The van der Waals surface area contributed by atoms with Gasteiger partial charge in [0.15, 0.2) is 0 Å². The van der Waals surface area contributed by atoms with Gasteiger partial charge in [0.1, 0.15) is 0 Å². The lowest BCUT2D eigenvalue weighted by atomic mass is 9.87. The van der Waals surface area contributed by atoms with Crippen molar-refractivity contribution in [3.8, 4) is 11.4 Å². The van der Waals surface area contributed by atoms with E-state index in [0.29, 0.717) is 5.41 Å². The van der Waals surface area contributed by atoms with Crippen LogP contribution in [0.15, 0.2) is 115 Å². The Balaban J connectivity index is 0.000000253. The van der Waals surface area contributed by atoms with E-state index in [1.165, 1.54) is 22.5 Å². The molecule has 0 saturated heterocycles. The molecule has 8 nitrogen and oxygen atoms in total. The van der Waals surface area contributed by atoms with E-state index in [-0.39, 0.29) is 27.1 Å². The SMILES string of the molecule is CC(C)(C)c1ccccc1.Cc1cc(C(C)(C)C)n(C)n1.Cc1cc(C(C)(C)C)nn1C.Cc1ccc(-n2ccc(C(C)(C)C)n2)cc1Cl.Cc1ccc(-n2nc(C(C)(C)C)cc2C)cc1Cl.Cc1ccc(C(C)(C)C)cc1Cl. The molecular formula is C68H97Cl3N8. The highest BCUT2D eigenvalue weighted by Crippen LogP contribution is 2.29. The Hall–Kier alpha value is -5.41. The molecule has 0 saturated carbocycles. The van der Waals surface area contributed by atoms with Gasteiger partial charge < -0.3 is 0 Å². The lowest BCUT2D eigenvalue weighted by Crippen LogP contribution is -2.16. The van der Waals surface area contributed by atoms with Gasteiger partial charge in [-0.15, -0.1) is 0 Å². The van der Waals surface area contributed by atoms with E-state index in [2.05, 4.69) is 226 Å². The molecule has 0 radical (unpaired) electrons. The van der Waals surface area contributed by atoms with Crippen LogP contribution in [0.1, 0.15) is 192 Å². The number of hydrogen-bond donors (Lipinski definition) is 0. The Morgan fingerprint density at radius 3 is 1.14 bits per heavy atom. The Bertz CT molecular complexity index is 3160. The quantitative estimate of drug-likeness (QED) is 0.173. The number of nitrogens with zero attached hydrogens (tertiary/aromatic N) is 8. The van der Waals surface area contributed by atoms with E-state index in [4.69, 9.17) is 34.8 Å². The Morgan fingerprint density at radius 2 is 0.797 bits per heavy atom. The van der Waals surface area contributed by atoms with Crippen LogP contribution in [-0.4, -0.2) is 39.1 Å². The maximum absolute atomic E-state index is 6.17. The molecule has 0 amide bonds. The number of rotatable bonds is 2. The van der Waals surface area contributed by atoms with Gasteiger partial charge in [-0.2, -0.15) is 20.4 Å². The molecule has 0 N–H and O–H groups in total. The molecule has 0 unspecified atom stereocenters. The average Bonchev–Trinajstić information content (AvgIpc) is 4.13. The first-order valence-corrected chi connectivity index (χ1v) is 28.6. The van der Waals surface area contributed by atoms with Gasteiger partial charge in [0.05, 0.1) is 34.2 Å². The first-order valence-electron chi connectivity index (χ1n) is 27.5. The van der Waals surface area contributed by atoms with Gasteiger partial charge in [-0.3, -0.25) is 9.36 Å². The van der Waals surface area contributed by atoms with E-state index in [1.807, 2.05) is 109 Å². The predicted octanol–water partition coefficient (Wildman–Crippen LogP) is 19.6. The third-order valence-corrected chi connectivity index (χ3v) is 14.4. The lowest BCUT2D eigenvalue weighted by Gasteiger charge is -2.19. The second-order valence-electron chi connectivity index (χ2n) is 27.0. The van der Waals surface area contributed by atoms with Crippen LogP contribution in [-0.2, 0) is 46.6 Å². The number of halogens is 3. The molecule has 0 spiro atoms. The van der Waals surface area contributed by atoms with E-state index >= 15 is 0 Å². The van der Waals surface area contributed by atoms with Crippen LogP contribution < -0.4 is 0 Å². The molecule has 8 rings (SSSR count). The minimum absolute atomic E-state index is 0.0600. The van der Waals surface area contributed by atoms with E-state index in [9.17, 15) is 0 Å². The van der Waals surface area contributed by atoms with Crippen LogP contribution in [0.5, 0.6) is 0 Å². The smallest absolute Gasteiger partial charge is 0.0685 e. The number of aromatic nitrogens is 8. The largest absolute Gasteiger partial charge is 0.273 e. The van der Waals surface area contributed by atoms with Crippen molar-refractivity contribution in [1.29, 1.82) is 0 Å². The maximum Gasteiger partial charge on any atom is 0.0685 e. The summed E-state index contributed by atoms with van der Waals surface area (Å²) in [5.41, 5.74) is 17.1. The van der Waals surface area contributed by atoms with E-state index in [1.54, 1.807) is 0 Å². The van der Waals surface area contributed by atoms with Crippen molar-refractivity contribution in [1.82, 2.24) is 39.1 Å². The van der Waals surface area contributed by atoms with Crippen LogP contribution in [0.4, 0.5) is 0 Å². The molecular weight excluding hydrogens is 1040 g/mol. The van der Waals surface area contributed by atoms with Crippen LogP contribution in [0.3, 0.4) is 0 Å². The molecule has 4 aromatic carbocycles. The number of benzene rings is 4. The zero-order valence-corrected chi connectivity index (χ0v) is 55.4. The summed E-state index contributed by atoms with van der Waals surface area (Å²) < 4.78 is 7.69. The van der Waals surface area contributed by atoms with Crippen LogP contribution >= 0.6 is 34.8 Å². The van der Waals surface area contributed by atoms with Crippen molar-refractivity contribution in [2.45, 2.75) is 199 Å². The number of hydrogen-bond acceptors (Lipinski definition) is 4. The normalized spacial score (nSPS) is 11.9. The molecule has 0 aliphatic heterocycles. The topological polar surface area (TPSA) is 71.3 Å². The summed E-state index contributed by atoms with van der Waals surface area (Å²) in [6, 6.07) is 37.3. The standard InChI is InChI=1S/C15H19ClN2.C14H17ClN2.C11H15Cl.C10H14.2C9H16N2/c1-10-6-7-12(9-13(10)16)18-11(2)8-14(17-18)15(3,4)5;1-10-5-6-11(9-12(10)15)17-8-7-13(16-17)14(2,3)4;1-8-5-6-9(7-10(8)12)11(2,3)4;1-10(2,3)9-7-5-4-6-8-9;1-7-6-8(9(2,3)4)10-11(7)5;1-7-6-8(9(2,3)4)11(5)10-7/h6-9H,1-5H3;5-9H,1-4H3;5-7H,1-4H3;4-8H,1-3H3;2*6H,1-5H3. The molecule has 0 aliphatic carbocycles. The second-order valence-corrected chi connectivity index (χ2v) is 28.2. The molecule has 4 aromatic heterocycles. The monoisotopic (exact) mass is 1130 g/mol. The molecule has 8 aromatic rings. The summed E-state index contributed by atoms with van der Waals surface area (Å²) in [6.07, 6.45) is 1.97. The van der Waals surface area contributed by atoms with Gasteiger partial charge in [-0.25, -0.2) is 9.36 Å². The predicted molar refractivity (Wildman–Crippen MR) is 342 cm³/mol. The Labute approximate surface area is 493 Å². The summed E-state index contributed by atoms with van der Waals surface area (Å²) in [5, 5.41) is 20.4. The van der Waals surface area contributed by atoms with Crippen molar-refractivity contribution in [3.63, 3.8) is 0 Å². The highest BCUT2D eigenvalue weighted by molar-refractivity contribution is 6.32. The highest BCUT2D eigenvalue weighted by atomic mass is 35.5. The lowest BCUT2D eigenvalue weighted by molar-refractivity contribution is 0.522. The molecule has 430 valence electrons. The Kier molecular flexibility index (Phi) is 23.5. The maximum atomic E-state index is 6.17. The van der Waals surface area contributed by atoms with Crippen molar-refractivity contribution >= 4 is 34.8 Å². The molecule has 4 heterocycles. The number of aryl methyl sites for hydroxylation is 8. The summed E-state index contributed by atoms with van der Waals surface area (Å²) in [5.74, 6) is 0. The highest BCUT2D eigenvalue weighted by Gasteiger charge is 2.21. The van der Waals surface area contributed by atoms with Crippen molar-refractivity contribution in [2.24, 2.45) is 14.1 Å². The Morgan fingerprint density at radius 1 is 0.354 bits per heavy atom. The molecule has 0 aliphatic rings. The second kappa shape index (κ2) is 27.4. The van der Waals surface area contributed by atoms with Gasteiger partial charge in [-0.05, 0) is 135 Å². The first-order chi connectivity index (χ1) is 36.0. The van der Waals surface area contributed by atoms with Crippen molar-refractivity contribution in [2.75, 3.05) is 0 Å². The van der Waals surface area contributed by atoms with Crippen LogP contribution in [0.25, 0.3) is 11.4 Å². The third-order valence-electron chi connectivity index (χ3n) is 13.2. The average molecular weight is 1130 g/mol. The molecule has 11 heteroatoms. The fraction of sp³-hybridized carbons (Fsp3) is 0.471. The van der Waals surface area contributed by atoms with Gasteiger partial charge in [0.2, 0.25) is 0 Å². The van der Waals surface area contributed by atoms with Crippen molar-refractivity contribution in [3.05, 3.63) is 198 Å². The zero-order valence-electron chi connectivity index (χ0n) is 53.2. The molecule has 0 fully saturated rings. The summed E-state index contributed by atoms with van der Waals surface area (Å²) in [7, 11) is 3.97. The van der Waals surface area contributed by atoms with E-state index in [0.717, 1.165) is 71.6 Å². The first kappa shape index (κ1) is 67.9. The van der Waals surface area contributed by atoms with Gasteiger partial charge in [0.25, 0.3) is 0 Å². The van der Waals surface area contributed by atoms with Crippen LogP contribution in [0.2, 0.25) is 15.1 Å². The van der Waals surface area contributed by atoms with Gasteiger partial charge in [0, 0.05) is 74.1 Å². The van der Waals surface area contributed by atoms with Crippen LogP contribution in [0, 0.1) is 41.5 Å². The van der Waals surface area contributed by atoms with E-state index < -0.39 is 0 Å². The fourth-order valence-electron chi connectivity index (χ4n) is 7.65. The minimum Gasteiger partial charge on any atom is -0.273 e. The summed E-state index contributed by atoms with van der Waals surface area (Å²) >= 11 is 18.3.